The second kappa shape index (κ2) is 14.2. The van der Waals surface area contributed by atoms with Gasteiger partial charge in [-0.15, -0.1) is 0 Å². The van der Waals surface area contributed by atoms with Gasteiger partial charge in [-0.2, -0.15) is 0 Å². The average Bonchev–Trinajstić information content (AvgIpc) is 3.68. The molecule has 1 heterocycles. The van der Waals surface area contributed by atoms with E-state index in [0.717, 1.165) is 11.1 Å². The van der Waals surface area contributed by atoms with E-state index in [2.05, 4.69) is 15.6 Å². The van der Waals surface area contributed by atoms with Crippen molar-refractivity contribution in [2.45, 2.75) is 57.7 Å². The predicted octanol–water partition coefficient (Wildman–Crippen LogP) is 3.81. The monoisotopic (exact) mass is 624 g/mol. The van der Waals surface area contributed by atoms with Crippen LogP contribution in [0.25, 0.3) is 11.1 Å². The molecule has 3 amide bonds. The summed E-state index contributed by atoms with van der Waals surface area (Å²) in [5.74, 6) is -3.87. The Balaban J connectivity index is 1.39. The van der Waals surface area contributed by atoms with Crippen LogP contribution in [0, 0.1) is 5.92 Å². The summed E-state index contributed by atoms with van der Waals surface area (Å²) in [5.41, 5.74) is 3.35. The Morgan fingerprint density at radius 3 is 2.15 bits per heavy atom. The number of aromatic nitrogens is 1. The maximum absolute atomic E-state index is 14.2. The number of carbonyl (C=O) groups is 5. The molecule has 0 aliphatic heterocycles. The third-order valence-electron chi connectivity index (χ3n) is 8.13. The molecule has 2 atom stereocenters. The van der Waals surface area contributed by atoms with E-state index < -0.39 is 54.5 Å². The Kier molecular flexibility index (Phi) is 9.90. The van der Waals surface area contributed by atoms with Crippen LogP contribution in [-0.2, 0) is 27.2 Å². The highest BCUT2D eigenvalue weighted by Crippen LogP contribution is 2.27. The highest BCUT2D eigenvalue weighted by Gasteiger charge is 2.37. The maximum Gasteiger partial charge on any atom is 0.303 e. The van der Waals surface area contributed by atoms with Gasteiger partial charge in [0.25, 0.3) is 11.8 Å². The van der Waals surface area contributed by atoms with Gasteiger partial charge in [-0.25, -0.2) is 4.98 Å². The van der Waals surface area contributed by atoms with E-state index in [1.54, 1.807) is 54.6 Å². The van der Waals surface area contributed by atoms with Crippen LogP contribution in [0.5, 0.6) is 0 Å². The molecule has 3 N–H and O–H groups in total. The lowest BCUT2D eigenvalue weighted by Crippen LogP contribution is -2.57. The van der Waals surface area contributed by atoms with Crippen molar-refractivity contribution >= 4 is 40.6 Å². The number of hydrogen-bond acceptors (Lipinski definition) is 7. The molecule has 1 aliphatic rings. The minimum Gasteiger partial charge on any atom is -0.481 e. The number of Topliss-reactive ketones (excluding diaryl/α,β-unsaturated/α-hetero) is 1. The highest BCUT2D eigenvalue weighted by atomic mass is 16.4. The van der Waals surface area contributed by atoms with Crippen LogP contribution in [0.2, 0.25) is 0 Å². The molecule has 0 bridgehead atoms. The van der Waals surface area contributed by atoms with E-state index in [0.29, 0.717) is 29.5 Å². The zero-order valence-corrected chi connectivity index (χ0v) is 25.6. The molecule has 0 spiro atoms. The molecule has 5 rings (SSSR count). The Morgan fingerprint density at radius 1 is 0.891 bits per heavy atom. The lowest BCUT2D eigenvalue weighted by molar-refractivity contribution is -0.140. The van der Waals surface area contributed by atoms with Crippen molar-refractivity contribution in [3.05, 3.63) is 101 Å². The molecule has 0 saturated heterocycles. The first kappa shape index (κ1) is 32.1. The normalized spacial score (nSPS) is 14.0. The number of carboxylic acid groups (broad SMARTS) is 1. The summed E-state index contributed by atoms with van der Waals surface area (Å²) >= 11 is 0. The number of oxazole rings is 1. The first-order valence-electron chi connectivity index (χ1n) is 15.2. The van der Waals surface area contributed by atoms with Gasteiger partial charge >= 0.3 is 5.97 Å². The van der Waals surface area contributed by atoms with Gasteiger partial charge < -0.3 is 25.1 Å². The van der Waals surface area contributed by atoms with Crippen molar-refractivity contribution in [2.24, 2.45) is 5.92 Å². The fourth-order valence-corrected chi connectivity index (χ4v) is 5.71. The van der Waals surface area contributed by atoms with E-state index in [9.17, 15) is 29.1 Å². The number of benzene rings is 3. The minimum absolute atomic E-state index is 0.205. The summed E-state index contributed by atoms with van der Waals surface area (Å²) < 4.78 is 5.60. The van der Waals surface area contributed by atoms with Crippen LogP contribution in [-0.4, -0.2) is 69.1 Å². The molecular weight excluding hydrogens is 588 g/mol. The van der Waals surface area contributed by atoms with Crippen LogP contribution >= 0.6 is 0 Å². The number of amides is 3. The minimum atomic E-state index is -1.26. The maximum atomic E-state index is 14.2. The molecule has 46 heavy (non-hydrogen) atoms. The first-order chi connectivity index (χ1) is 22.1. The summed E-state index contributed by atoms with van der Waals surface area (Å²) in [7, 11) is 0. The molecule has 0 saturated carbocycles. The van der Waals surface area contributed by atoms with Gasteiger partial charge in [0, 0.05) is 18.0 Å². The van der Waals surface area contributed by atoms with Gasteiger partial charge in [0.05, 0.1) is 12.6 Å². The lowest BCUT2D eigenvalue weighted by Gasteiger charge is -2.34. The lowest BCUT2D eigenvalue weighted by atomic mass is 10.00. The van der Waals surface area contributed by atoms with Crippen molar-refractivity contribution in [1.82, 2.24) is 20.5 Å². The third kappa shape index (κ3) is 7.48. The fraction of sp³-hybridized carbons (Fsp3) is 0.314. The third-order valence-corrected chi connectivity index (χ3v) is 8.13. The molecule has 1 unspecified atom stereocenters. The van der Waals surface area contributed by atoms with Crippen LogP contribution in [0.15, 0.2) is 83.3 Å². The zero-order chi connectivity index (χ0) is 32.8. The molecule has 3 aromatic carbocycles. The zero-order valence-electron chi connectivity index (χ0n) is 25.6. The number of nitrogens with one attached hydrogen (secondary N) is 2. The van der Waals surface area contributed by atoms with Crippen molar-refractivity contribution in [3.63, 3.8) is 0 Å². The number of aliphatic carboxylic acids is 1. The molecule has 4 aromatic rings. The molecule has 11 nitrogen and oxygen atoms in total. The summed E-state index contributed by atoms with van der Waals surface area (Å²) in [6.45, 7) is 3.22. The Labute approximate surface area is 266 Å². The summed E-state index contributed by atoms with van der Waals surface area (Å²) in [6.07, 6.45) is 0.426. The van der Waals surface area contributed by atoms with Crippen LogP contribution < -0.4 is 10.6 Å². The second-order valence-electron chi connectivity index (χ2n) is 11.8. The Morgan fingerprint density at radius 2 is 1.52 bits per heavy atom. The molecular formula is C35H36N4O7. The van der Waals surface area contributed by atoms with Crippen molar-refractivity contribution < 1.29 is 33.5 Å². The smallest absolute Gasteiger partial charge is 0.303 e. The van der Waals surface area contributed by atoms with Crippen molar-refractivity contribution in [3.8, 4) is 0 Å². The van der Waals surface area contributed by atoms with Gasteiger partial charge in [0.2, 0.25) is 17.6 Å². The standard InChI is InChI=1S/C35H36N4O7/c1-21(2)31(38-33(44)22-10-4-3-5-11-22)35(45)39(25-18-23-12-6-7-13-24(23)19-25)20-29(40)36-27(16-17-30(41)42)32(43)34-37-26-14-8-9-15-28(26)46-34/h3-15,21,25,27,31H,16-20H2,1-2H3,(H,36,40)(H,38,44)(H,41,42)/t27?,31-/m0/s1. The number of nitrogens with zero attached hydrogens (tertiary/aromatic N) is 2. The van der Waals surface area contributed by atoms with Crippen molar-refractivity contribution in [2.75, 3.05) is 6.54 Å². The molecule has 1 aromatic heterocycles. The van der Waals surface area contributed by atoms with Gasteiger partial charge in [0.15, 0.2) is 5.58 Å². The largest absolute Gasteiger partial charge is 0.481 e. The molecule has 0 radical (unpaired) electrons. The topological polar surface area (TPSA) is 159 Å². The van der Waals surface area contributed by atoms with Gasteiger partial charge in [-0.3, -0.25) is 24.0 Å². The van der Waals surface area contributed by atoms with E-state index in [1.807, 2.05) is 38.1 Å². The average molecular weight is 625 g/mol. The fourth-order valence-electron chi connectivity index (χ4n) is 5.71. The first-order valence-corrected chi connectivity index (χ1v) is 15.2. The highest BCUT2D eigenvalue weighted by molar-refractivity contribution is 6.01. The van der Waals surface area contributed by atoms with E-state index in [4.69, 9.17) is 4.42 Å². The van der Waals surface area contributed by atoms with Crippen LogP contribution in [0.1, 0.15) is 58.9 Å². The van der Waals surface area contributed by atoms with Gasteiger partial charge in [-0.05, 0) is 60.6 Å². The van der Waals surface area contributed by atoms with E-state index in [-0.39, 0.29) is 24.3 Å². The molecule has 1 aliphatic carbocycles. The summed E-state index contributed by atoms with van der Waals surface area (Å²) in [6, 6.07) is 20.6. The molecule has 238 valence electrons. The summed E-state index contributed by atoms with van der Waals surface area (Å²) in [5, 5.41) is 14.8. The second-order valence-corrected chi connectivity index (χ2v) is 11.8. The number of rotatable bonds is 13. The molecule has 11 heteroatoms. The number of para-hydroxylation sites is 2. The predicted molar refractivity (Wildman–Crippen MR) is 169 cm³/mol. The quantitative estimate of drug-likeness (QED) is 0.190. The van der Waals surface area contributed by atoms with Gasteiger partial charge in [0.1, 0.15) is 11.6 Å². The van der Waals surface area contributed by atoms with Crippen LogP contribution in [0.4, 0.5) is 0 Å². The number of ketones is 1. The van der Waals surface area contributed by atoms with E-state index in [1.165, 1.54) is 4.90 Å². The number of carbonyl (C=O) groups excluding carboxylic acids is 4. The Bertz CT molecular complexity index is 1690. The molecule has 0 fully saturated rings. The number of carboxylic acids is 1. The number of fused-ring (bicyclic) bond motifs is 2. The van der Waals surface area contributed by atoms with Gasteiger partial charge in [-0.1, -0.05) is 68.4 Å². The van der Waals surface area contributed by atoms with Crippen molar-refractivity contribution in [1.29, 1.82) is 0 Å². The Hall–Kier alpha value is -5.32. The SMILES string of the molecule is CC(C)[C@H](NC(=O)c1ccccc1)C(=O)N(CC(=O)NC(CCC(=O)O)C(=O)c1nc2ccccc2o1)C1Cc2ccccc2C1. The van der Waals surface area contributed by atoms with Crippen LogP contribution in [0.3, 0.4) is 0 Å². The van der Waals surface area contributed by atoms with E-state index >= 15 is 0 Å². The number of hydrogen-bond donors (Lipinski definition) is 3. The summed E-state index contributed by atoms with van der Waals surface area (Å²) in [4.78, 5) is 71.5.